The highest BCUT2D eigenvalue weighted by Gasteiger charge is 2.47. The second-order valence-electron chi connectivity index (χ2n) is 11.4. The average Bonchev–Trinajstić information content (AvgIpc) is 3.48. The first kappa shape index (κ1) is 29.5. The zero-order valence-corrected chi connectivity index (χ0v) is 24.6. The minimum atomic E-state index is -1.20. The van der Waals surface area contributed by atoms with Crippen molar-refractivity contribution in [2.75, 3.05) is 26.2 Å². The van der Waals surface area contributed by atoms with E-state index in [2.05, 4.69) is 15.6 Å². The SMILES string of the molecule is O=C(NC12CCC(CC1)Cn1c2nc(C(=O)NCc2ccc(F)cc2)c(O)c1=O)C(=O)N1CCN(C(=O)c2cccs2)CC1. The molecule has 3 N–H and O–H groups in total. The third-order valence-corrected chi connectivity index (χ3v) is 9.55. The first-order valence-corrected chi connectivity index (χ1v) is 15.3. The van der Waals surface area contributed by atoms with Gasteiger partial charge in [0.15, 0.2) is 5.69 Å². The molecule has 1 saturated carbocycles. The third kappa shape index (κ3) is 5.56. The maximum Gasteiger partial charge on any atom is 0.312 e. The molecule has 4 amide bonds. The molecule has 0 spiro atoms. The molecule has 3 aliphatic heterocycles. The van der Waals surface area contributed by atoms with Crippen molar-refractivity contribution in [1.29, 1.82) is 0 Å². The molecule has 0 radical (unpaired) electrons. The number of rotatable bonds is 5. The highest BCUT2D eigenvalue weighted by Crippen LogP contribution is 2.43. The predicted octanol–water partition coefficient (Wildman–Crippen LogP) is 1.58. The van der Waals surface area contributed by atoms with Gasteiger partial charge in [-0.05, 0) is 60.7 Å². The van der Waals surface area contributed by atoms with Crippen molar-refractivity contribution in [2.45, 2.75) is 44.3 Å². The summed E-state index contributed by atoms with van der Waals surface area (Å²) in [5.74, 6) is -3.54. The summed E-state index contributed by atoms with van der Waals surface area (Å²) in [6.45, 7) is 1.23. The molecule has 7 rings (SSSR count). The zero-order valence-electron chi connectivity index (χ0n) is 23.8. The number of aromatic hydroxyl groups is 1. The molecule has 4 aliphatic rings. The lowest BCUT2D eigenvalue weighted by atomic mass is 9.77. The van der Waals surface area contributed by atoms with Crippen molar-refractivity contribution < 1.29 is 28.7 Å². The Morgan fingerprint density at radius 2 is 1.70 bits per heavy atom. The van der Waals surface area contributed by atoms with Crippen LogP contribution < -0.4 is 16.2 Å². The first-order chi connectivity index (χ1) is 21.1. The molecule has 1 aromatic carbocycles. The fraction of sp³-hybridized carbons (Fsp3) is 0.400. The first-order valence-electron chi connectivity index (χ1n) is 14.5. The van der Waals surface area contributed by atoms with E-state index in [0.717, 1.165) is 0 Å². The maximum absolute atomic E-state index is 13.4. The van der Waals surface area contributed by atoms with Gasteiger partial charge in [0.1, 0.15) is 11.6 Å². The Hall–Kier alpha value is -4.59. The van der Waals surface area contributed by atoms with Crippen LogP contribution in [-0.2, 0) is 28.2 Å². The topological polar surface area (TPSA) is 154 Å². The minimum Gasteiger partial charge on any atom is -0.501 e. The van der Waals surface area contributed by atoms with Gasteiger partial charge < -0.3 is 25.5 Å². The molecule has 2 bridgehead atoms. The number of nitrogens with zero attached hydrogens (tertiary/aromatic N) is 4. The lowest BCUT2D eigenvalue weighted by molar-refractivity contribution is -0.148. The van der Waals surface area contributed by atoms with E-state index in [1.54, 1.807) is 17.0 Å². The van der Waals surface area contributed by atoms with Crippen molar-refractivity contribution in [3.63, 3.8) is 0 Å². The number of nitrogens with one attached hydrogen (secondary N) is 2. The van der Waals surface area contributed by atoms with E-state index in [4.69, 9.17) is 0 Å². The number of carbonyl (C=O) groups is 4. The van der Waals surface area contributed by atoms with Gasteiger partial charge >= 0.3 is 11.8 Å². The van der Waals surface area contributed by atoms with Crippen molar-refractivity contribution in [1.82, 2.24) is 30.0 Å². The molecule has 1 aliphatic carbocycles. The fourth-order valence-corrected chi connectivity index (χ4v) is 6.90. The Morgan fingerprint density at radius 1 is 1.02 bits per heavy atom. The van der Waals surface area contributed by atoms with Crippen LogP contribution in [0.1, 0.15) is 57.2 Å². The molecule has 2 aromatic heterocycles. The summed E-state index contributed by atoms with van der Waals surface area (Å²) >= 11 is 1.35. The van der Waals surface area contributed by atoms with Gasteiger partial charge in [0.05, 0.1) is 10.4 Å². The second-order valence-corrected chi connectivity index (χ2v) is 12.3. The lowest BCUT2D eigenvalue weighted by Crippen LogP contribution is -2.57. The third-order valence-electron chi connectivity index (χ3n) is 8.69. The molecule has 230 valence electrons. The Morgan fingerprint density at radius 3 is 2.36 bits per heavy atom. The van der Waals surface area contributed by atoms with Crippen LogP contribution in [0.2, 0.25) is 0 Å². The van der Waals surface area contributed by atoms with Crippen LogP contribution in [0.3, 0.4) is 0 Å². The molecule has 1 saturated heterocycles. The van der Waals surface area contributed by atoms with Gasteiger partial charge in [-0.1, -0.05) is 18.2 Å². The fourth-order valence-electron chi connectivity index (χ4n) is 6.20. The van der Waals surface area contributed by atoms with Crippen LogP contribution in [-0.4, -0.2) is 74.3 Å². The van der Waals surface area contributed by atoms with E-state index in [-0.39, 0.29) is 56.9 Å². The van der Waals surface area contributed by atoms with Crippen LogP contribution in [0.15, 0.2) is 46.6 Å². The molecule has 14 heteroatoms. The van der Waals surface area contributed by atoms with E-state index < -0.39 is 46.1 Å². The average molecular weight is 623 g/mol. The van der Waals surface area contributed by atoms with Crippen LogP contribution in [0.4, 0.5) is 4.39 Å². The summed E-state index contributed by atoms with van der Waals surface area (Å²) in [6, 6.07) is 9.04. The summed E-state index contributed by atoms with van der Waals surface area (Å²) in [4.78, 5) is 73.9. The van der Waals surface area contributed by atoms with Gasteiger partial charge in [0.25, 0.3) is 17.4 Å². The monoisotopic (exact) mass is 622 g/mol. The molecule has 3 aromatic rings. The van der Waals surface area contributed by atoms with E-state index >= 15 is 0 Å². The molecule has 2 fully saturated rings. The Bertz CT molecular complexity index is 1660. The van der Waals surface area contributed by atoms with E-state index in [0.29, 0.717) is 36.1 Å². The largest absolute Gasteiger partial charge is 0.501 e. The number of fused-ring (bicyclic) bond motifs is 2. The van der Waals surface area contributed by atoms with Crippen LogP contribution in [0, 0.1) is 11.7 Å². The summed E-state index contributed by atoms with van der Waals surface area (Å²) in [5.41, 5.74) is -1.88. The molecule has 0 atom stereocenters. The highest BCUT2D eigenvalue weighted by molar-refractivity contribution is 7.12. The number of amides is 4. The molecule has 0 unspecified atom stereocenters. The van der Waals surface area contributed by atoms with E-state index in [9.17, 15) is 33.5 Å². The van der Waals surface area contributed by atoms with Gasteiger partial charge in [-0.2, -0.15) is 0 Å². The quantitative estimate of drug-likeness (QED) is 0.365. The lowest BCUT2D eigenvalue weighted by Gasteiger charge is -2.38. The smallest absolute Gasteiger partial charge is 0.312 e. The number of piperazine rings is 1. The minimum absolute atomic E-state index is 0.00327. The van der Waals surface area contributed by atoms with Crippen LogP contribution in [0.5, 0.6) is 5.75 Å². The van der Waals surface area contributed by atoms with E-state index in [1.807, 2.05) is 5.38 Å². The Balaban J connectivity index is 1.20. The van der Waals surface area contributed by atoms with Gasteiger partial charge in [0.2, 0.25) is 5.75 Å². The number of thiophene rings is 1. The number of carbonyl (C=O) groups excluding carboxylic acids is 4. The zero-order chi connectivity index (χ0) is 31.0. The summed E-state index contributed by atoms with van der Waals surface area (Å²) in [7, 11) is 0. The van der Waals surface area contributed by atoms with Crippen molar-refractivity contribution >= 4 is 35.0 Å². The van der Waals surface area contributed by atoms with Gasteiger partial charge in [-0.3, -0.25) is 28.5 Å². The molecule has 12 nitrogen and oxygen atoms in total. The molecular formula is C30H31FN6O6S. The maximum atomic E-state index is 13.4. The van der Waals surface area contributed by atoms with Crippen molar-refractivity contribution in [2.24, 2.45) is 5.92 Å². The van der Waals surface area contributed by atoms with Gasteiger partial charge in [0, 0.05) is 39.3 Å². The molecular weight excluding hydrogens is 591 g/mol. The Kier molecular flexibility index (Phi) is 7.93. The number of hydrogen-bond donors (Lipinski definition) is 3. The second kappa shape index (κ2) is 11.8. The summed E-state index contributed by atoms with van der Waals surface area (Å²) in [6.07, 6.45) is 2.09. The number of aromatic nitrogens is 2. The van der Waals surface area contributed by atoms with Crippen molar-refractivity contribution in [3.05, 3.63) is 79.9 Å². The van der Waals surface area contributed by atoms with Crippen LogP contribution >= 0.6 is 11.3 Å². The summed E-state index contributed by atoms with van der Waals surface area (Å²) in [5, 5.41) is 18.0. The normalized spacial score (nSPS) is 20.9. The predicted molar refractivity (Wildman–Crippen MR) is 156 cm³/mol. The van der Waals surface area contributed by atoms with Crippen molar-refractivity contribution in [3.8, 4) is 5.75 Å². The number of benzene rings is 1. The Labute approximate surface area is 255 Å². The number of hydrogen-bond acceptors (Lipinski definition) is 8. The number of halogens is 1. The standard InChI is InChI=1S/C30H31FN6O6S/c31-20-5-3-18(4-6-20)16-32-24(39)22-23(38)27(42)37-17-19-7-9-30(10-8-19,29(37)33-22)34-25(40)28(43)36-13-11-35(12-14-36)26(41)21-2-1-15-44-21/h1-6,15,19,38H,7-14,16-17H2,(H,32,39)(H,34,40). The van der Waals surface area contributed by atoms with Gasteiger partial charge in [-0.25, -0.2) is 9.37 Å². The highest BCUT2D eigenvalue weighted by atomic mass is 32.1. The van der Waals surface area contributed by atoms with Gasteiger partial charge in [-0.15, -0.1) is 11.3 Å². The summed E-state index contributed by atoms with van der Waals surface area (Å²) < 4.78 is 14.6. The molecule has 44 heavy (non-hydrogen) atoms. The van der Waals surface area contributed by atoms with Crippen LogP contribution in [0.25, 0.3) is 0 Å². The van der Waals surface area contributed by atoms with E-state index in [1.165, 1.54) is 45.1 Å². The molecule has 5 heterocycles.